The number of thiazole rings is 1. The first-order chi connectivity index (χ1) is 16.2. The summed E-state index contributed by atoms with van der Waals surface area (Å²) >= 11 is 1.51. The average molecular weight is 462 g/mol. The van der Waals surface area contributed by atoms with Crippen molar-refractivity contribution in [3.05, 3.63) is 81.6 Å². The van der Waals surface area contributed by atoms with Crippen LogP contribution in [-0.2, 0) is 30.8 Å². The van der Waals surface area contributed by atoms with E-state index in [1.165, 1.54) is 11.3 Å². The number of rotatable bonds is 6. The highest BCUT2D eigenvalue weighted by atomic mass is 32.1. The van der Waals surface area contributed by atoms with E-state index in [1.807, 2.05) is 33.2 Å². The second-order valence-electron chi connectivity index (χ2n) is 8.52. The van der Waals surface area contributed by atoms with Crippen molar-refractivity contribution in [1.82, 2.24) is 25.0 Å². The van der Waals surface area contributed by atoms with E-state index in [0.29, 0.717) is 38.3 Å². The van der Waals surface area contributed by atoms with Crippen LogP contribution in [0.1, 0.15) is 51.6 Å². The molecule has 0 saturated heterocycles. The van der Waals surface area contributed by atoms with Gasteiger partial charge in [-0.15, -0.1) is 11.3 Å². The molecule has 0 spiro atoms. The molecule has 2 amide bonds. The van der Waals surface area contributed by atoms with Gasteiger partial charge >= 0.3 is 0 Å². The van der Waals surface area contributed by atoms with Crippen molar-refractivity contribution in [2.75, 3.05) is 6.54 Å². The van der Waals surface area contributed by atoms with Crippen molar-refractivity contribution in [1.29, 1.82) is 0 Å². The molecule has 1 unspecified atom stereocenters. The van der Waals surface area contributed by atoms with E-state index >= 15 is 0 Å². The molecule has 1 N–H and O–H groups in total. The molecule has 170 valence electrons. The molecule has 7 nitrogen and oxygen atoms in total. The molecule has 8 heteroatoms. The molecule has 1 atom stereocenters. The molecule has 3 aromatic rings. The zero-order chi connectivity index (χ0) is 22.6. The van der Waals surface area contributed by atoms with Crippen molar-refractivity contribution >= 4 is 23.2 Å². The van der Waals surface area contributed by atoms with Gasteiger partial charge in [-0.05, 0) is 24.8 Å². The summed E-state index contributed by atoms with van der Waals surface area (Å²) in [5, 5.41) is 10.4. The first kappa shape index (κ1) is 21.6. The number of carbonyl (C=O) groups is 2. The van der Waals surface area contributed by atoms with Crippen LogP contribution in [0.5, 0.6) is 0 Å². The minimum Gasteiger partial charge on any atom is -0.344 e. The summed E-state index contributed by atoms with van der Waals surface area (Å²) in [7, 11) is 0. The van der Waals surface area contributed by atoms with Crippen molar-refractivity contribution in [2.24, 2.45) is 5.92 Å². The van der Waals surface area contributed by atoms with E-state index < -0.39 is 0 Å². The second-order valence-corrected chi connectivity index (χ2v) is 9.50. The molecule has 0 fully saturated rings. The van der Waals surface area contributed by atoms with Crippen LogP contribution >= 0.6 is 11.3 Å². The summed E-state index contributed by atoms with van der Waals surface area (Å²) < 4.78 is 1.94. The SMILES string of the molecule is O=C(NCc1nccs1)c1nn(Cc2ccccc2)c2c1CN(C(=O)C1CC=CCC1)CC2. The van der Waals surface area contributed by atoms with E-state index in [4.69, 9.17) is 5.10 Å². The van der Waals surface area contributed by atoms with Crippen LogP contribution in [0.25, 0.3) is 0 Å². The fourth-order valence-corrected chi connectivity index (χ4v) is 5.16. The summed E-state index contributed by atoms with van der Waals surface area (Å²) in [5.74, 6) is 0.0104. The Morgan fingerprint density at radius 3 is 2.82 bits per heavy atom. The number of hydrogen-bond donors (Lipinski definition) is 1. The van der Waals surface area contributed by atoms with Gasteiger partial charge in [0.2, 0.25) is 5.91 Å². The molecule has 2 aromatic heterocycles. The minimum absolute atomic E-state index is 0.0399. The lowest BCUT2D eigenvalue weighted by Gasteiger charge is -2.31. The third-order valence-corrected chi connectivity index (χ3v) is 7.12. The smallest absolute Gasteiger partial charge is 0.272 e. The van der Waals surface area contributed by atoms with Crippen LogP contribution in [0.4, 0.5) is 0 Å². The topological polar surface area (TPSA) is 80.1 Å². The molecule has 0 bridgehead atoms. The van der Waals surface area contributed by atoms with Crippen LogP contribution < -0.4 is 5.32 Å². The Kier molecular flexibility index (Phi) is 6.35. The van der Waals surface area contributed by atoms with Gasteiger partial charge in [0, 0.05) is 48.3 Å². The van der Waals surface area contributed by atoms with E-state index in [-0.39, 0.29) is 17.7 Å². The summed E-state index contributed by atoms with van der Waals surface area (Å²) in [6, 6.07) is 10.1. The molecule has 1 aliphatic heterocycles. The van der Waals surface area contributed by atoms with Gasteiger partial charge in [0.05, 0.1) is 13.1 Å². The highest BCUT2D eigenvalue weighted by Gasteiger charge is 2.32. The summed E-state index contributed by atoms with van der Waals surface area (Å²) in [6.45, 7) is 2.06. The zero-order valence-electron chi connectivity index (χ0n) is 18.4. The van der Waals surface area contributed by atoms with Crippen LogP contribution in [0.2, 0.25) is 0 Å². The summed E-state index contributed by atoms with van der Waals surface area (Å²) in [5.41, 5.74) is 3.46. The number of hydrogen-bond acceptors (Lipinski definition) is 5. The zero-order valence-corrected chi connectivity index (χ0v) is 19.3. The van der Waals surface area contributed by atoms with Gasteiger partial charge in [-0.3, -0.25) is 14.3 Å². The van der Waals surface area contributed by atoms with Crippen LogP contribution in [0, 0.1) is 5.92 Å². The third kappa shape index (κ3) is 4.75. The van der Waals surface area contributed by atoms with Gasteiger partial charge in [-0.1, -0.05) is 42.5 Å². The van der Waals surface area contributed by atoms with E-state index in [1.54, 1.807) is 6.20 Å². The molecule has 3 heterocycles. The molecule has 0 saturated carbocycles. The van der Waals surface area contributed by atoms with Crippen molar-refractivity contribution in [3.63, 3.8) is 0 Å². The number of nitrogens with one attached hydrogen (secondary N) is 1. The largest absolute Gasteiger partial charge is 0.344 e. The standard InChI is InChI=1S/C25H27N5O2S/c31-24(27-15-22-26-12-14-33-22)23-20-17-29(25(32)19-9-5-2-6-10-19)13-11-21(20)30(28-23)16-18-7-3-1-4-8-18/h1-5,7-8,12,14,19H,6,9-11,13,15-17H2,(H,27,31). The van der Waals surface area contributed by atoms with Crippen LogP contribution in [0.3, 0.4) is 0 Å². The van der Waals surface area contributed by atoms with E-state index in [9.17, 15) is 9.59 Å². The lowest BCUT2D eigenvalue weighted by Crippen LogP contribution is -2.40. The van der Waals surface area contributed by atoms with Crippen LogP contribution in [0.15, 0.2) is 54.1 Å². The van der Waals surface area contributed by atoms with E-state index in [2.05, 4.69) is 34.6 Å². The van der Waals surface area contributed by atoms with Gasteiger partial charge in [0.15, 0.2) is 5.69 Å². The molecule has 5 rings (SSSR count). The maximum absolute atomic E-state index is 13.2. The Morgan fingerprint density at radius 1 is 1.18 bits per heavy atom. The fourth-order valence-electron chi connectivity index (χ4n) is 4.60. The Balaban J connectivity index is 1.40. The molecule has 0 radical (unpaired) electrons. The lowest BCUT2D eigenvalue weighted by atomic mass is 9.92. The number of carbonyl (C=O) groups excluding carboxylic acids is 2. The molecule has 1 aromatic carbocycles. The van der Waals surface area contributed by atoms with Gasteiger partial charge in [0.1, 0.15) is 5.01 Å². The van der Waals surface area contributed by atoms with Gasteiger partial charge < -0.3 is 10.2 Å². The first-order valence-corrected chi connectivity index (χ1v) is 12.3. The van der Waals surface area contributed by atoms with Crippen molar-refractivity contribution in [2.45, 2.75) is 45.3 Å². The first-order valence-electron chi connectivity index (χ1n) is 11.4. The Bertz CT molecular complexity index is 1150. The molecular weight excluding hydrogens is 434 g/mol. The molecule has 2 aliphatic rings. The second kappa shape index (κ2) is 9.70. The maximum atomic E-state index is 13.2. The van der Waals surface area contributed by atoms with Crippen molar-refractivity contribution in [3.8, 4) is 0 Å². The normalized spacial score (nSPS) is 17.6. The summed E-state index contributed by atoms with van der Waals surface area (Å²) in [4.78, 5) is 32.5. The minimum atomic E-state index is -0.219. The highest BCUT2D eigenvalue weighted by Crippen LogP contribution is 2.28. The van der Waals surface area contributed by atoms with Gasteiger partial charge in [-0.2, -0.15) is 5.10 Å². The number of fused-ring (bicyclic) bond motifs is 1. The number of amides is 2. The monoisotopic (exact) mass is 461 g/mol. The Labute approximate surface area is 197 Å². The number of aromatic nitrogens is 3. The van der Waals surface area contributed by atoms with Crippen molar-refractivity contribution < 1.29 is 9.59 Å². The Morgan fingerprint density at radius 2 is 2.06 bits per heavy atom. The predicted octanol–water partition coefficient (Wildman–Crippen LogP) is 3.56. The number of allylic oxidation sites excluding steroid dienone is 2. The van der Waals surface area contributed by atoms with E-state index in [0.717, 1.165) is 41.1 Å². The molecule has 1 aliphatic carbocycles. The average Bonchev–Trinajstić information content (AvgIpc) is 3.51. The highest BCUT2D eigenvalue weighted by molar-refractivity contribution is 7.09. The number of benzene rings is 1. The fraction of sp³-hybridized carbons (Fsp3) is 0.360. The lowest BCUT2D eigenvalue weighted by molar-refractivity contribution is -0.136. The van der Waals surface area contributed by atoms with Crippen LogP contribution in [-0.4, -0.2) is 38.0 Å². The Hall–Kier alpha value is -3.26. The number of nitrogens with zero attached hydrogens (tertiary/aromatic N) is 4. The maximum Gasteiger partial charge on any atom is 0.272 e. The van der Waals surface area contributed by atoms with Gasteiger partial charge in [-0.25, -0.2) is 4.98 Å². The molecular formula is C25H27N5O2S. The summed E-state index contributed by atoms with van der Waals surface area (Å²) in [6.07, 6.45) is 9.34. The predicted molar refractivity (Wildman–Crippen MR) is 127 cm³/mol. The third-order valence-electron chi connectivity index (χ3n) is 6.34. The quantitative estimate of drug-likeness (QED) is 0.569. The molecule has 33 heavy (non-hydrogen) atoms. The van der Waals surface area contributed by atoms with Gasteiger partial charge in [0.25, 0.3) is 5.91 Å².